The topological polar surface area (TPSA) is 91.3 Å². The monoisotopic (exact) mass is 384 g/mol. The molecule has 1 N–H and O–H groups in total. The molecule has 2 heterocycles. The number of cyclic esters (lactones) is 1. The van der Waals surface area contributed by atoms with E-state index in [1.807, 2.05) is 0 Å². The van der Waals surface area contributed by atoms with Gasteiger partial charge in [-0.3, -0.25) is 9.59 Å². The van der Waals surface area contributed by atoms with Crippen molar-refractivity contribution >= 4 is 11.9 Å². The summed E-state index contributed by atoms with van der Waals surface area (Å²) in [5.41, 5.74) is 1.11. The Morgan fingerprint density at radius 2 is 1.93 bits per heavy atom. The van der Waals surface area contributed by atoms with Crippen LogP contribution in [0, 0.1) is 11.8 Å². The van der Waals surface area contributed by atoms with Crippen molar-refractivity contribution in [2.75, 3.05) is 13.4 Å². The van der Waals surface area contributed by atoms with Crippen LogP contribution in [0.25, 0.3) is 0 Å². The Morgan fingerprint density at radius 1 is 1.18 bits per heavy atom. The highest BCUT2D eigenvalue weighted by Gasteiger charge is 2.53. The number of hydrogen-bond donors (Lipinski definition) is 1. The van der Waals surface area contributed by atoms with Crippen LogP contribution in [0.2, 0.25) is 0 Å². The Labute approximate surface area is 161 Å². The van der Waals surface area contributed by atoms with Gasteiger partial charge < -0.3 is 24.1 Å². The van der Waals surface area contributed by atoms with E-state index in [-0.39, 0.29) is 13.4 Å². The summed E-state index contributed by atoms with van der Waals surface area (Å²) < 4.78 is 21.4. The van der Waals surface area contributed by atoms with Crippen molar-refractivity contribution in [1.29, 1.82) is 0 Å². The standard InChI is InChI=1S/C21H20O7/c1-2-25-20(23)17-16(18(22)12-6-4-3-5-7-12)21(24)28-19(17)13-8-9-14-15(10-13)27-11-26-14/h3-10,16-19,22H,2,11H2,1H3/t16-,17+,18?,19+/m1/s1. The summed E-state index contributed by atoms with van der Waals surface area (Å²) in [6.07, 6.45) is -2.08. The number of ether oxygens (including phenoxy) is 4. The summed E-state index contributed by atoms with van der Waals surface area (Å²) in [5, 5.41) is 10.8. The van der Waals surface area contributed by atoms with Crippen LogP contribution in [-0.4, -0.2) is 30.4 Å². The zero-order valence-corrected chi connectivity index (χ0v) is 15.2. The molecule has 4 rings (SSSR count). The Morgan fingerprint density at radius 3 is 2.68 bits per heavy atom. The number of hydrogen-bond acceptors (Lipinski definition) is 7. The molecule has 2 aliphatic heterocycles. The van der Waals surface area contributed by atoms with Gasteiger partial charge >= 0.3 is 11.9 Å². The van der Waals surface area contributed by atoms with Gasteiger partial charge in [0.15, 0.2) is 11.5 Å². The lowest BCUT2D eigenvalue weighted by atomic mass is 9.81. The maximum absolute atomic E-state index is 12.7. The van der Waals surface area contributed by atoms with Gasteiger partial charge in [-0.1, -0.05) is 36.4 Å². The number of carbonyl (C=O) groups excluding carboxylic acids is 2. The zero-order chi connectivity index (χ0) is 19.7. The fraction of sp³-hybridized carbons (Fsp3) is 0.333. The van der Waals surface area contributed by atoms with Crippen molar-refractivity contribution in [3.63, 3.8) is 0 Å². The summed E-state index contributed by atoms with van der Waals surface area (Å²) in [7, 11) is 0. The lowest BCUT2D eigenvalue weighted by Crippen LogP contribution is -2.31. The molecule has 0 amide bonds. The summed E-state index contributed by atoms with van der Waals surface area (Å²) in [6, 6.07) is 13.8. The Hall–Kier alpha value is -3.06. The normalized spacial score (nSPS) is 23.9. The van der Waals surface area contributed by atoms with E-state index in [1.165, 1.54) is 0 Å². The minimum absolute atomic E-state index is 0.111. The Bertz CT molecular complexity index is 880. The SMILES string of the molecule is CCOC(=O)[C@@H]1[C@H](c2ccc3c(c2)OCO3)OC(=O)[C@H]1C(O)c1ccccc1. The van der Waals surface area contributed by atoms with E-state index in [2.05, 4.69) is 0 Å². The largest absolute Gasteiger partial charge is 0.466 e. The van der Waals surface area contributed by atoms with Gasteiger partial charge in [0.05, 0.1) is 12.7 Å². The number of carbonyl (C=O) groups is 2. The minimum atomic E-state index is -1.19. The van der Waals surface area contributed by atoms with Crippen molar-refractivity contribution < 1.29 is 33.6 Å². The van der Waals surface area contributed by atoms with E-state index < -0.39 is 36.0 Å². The van der Waals surface area contributed by atoms with Gasteiger partial charge in [0.25, 0.3) is 0 Å². The fourth-order valence-corrected chi connectivity index (χ4v) is 3.67. The van der Waals surface area contributed by atoms with Crippen LogP contribution in [-0.2, 0) is 19.1 Å². The van der Waals surface area contributed by atoms with Crippen LogP contribution in [0.15, 0.2) is 48.5 Å². The highest BCUT2D eigenvalue weighted by Crippen LogP contribution is 2.47. The van der Waals surface area contributed by atoms with E-state index in [1.54, 1.807) is 55.5 Å². The van der Waals surface area contributed by atoms with Crippen LogP contribution < -0.4 is 9.47 Å². The molecule has 7 heteroatoms. The van der Waals surface area contributed by atoms with Crippen molar-refractivity contribution in [2.24, 2.45) is 11.8 Å². The number of aliphatic hydroxyl groups excluding tert-OH is 1. The first-order valence-electron chi connectivity index (χ1n) is 9.10. The average molecular weight is 384 g/mol. The molecule has 4 atom stereocenters. The van der Waals surface area contributed by atoms with Gasteiger partial charge in [-0.2, -0.15) is 0 Å². The highest BCUT2D eigenvalue weighted by molar-refractivity contribution is 5.86. The first-order valence-corrected chi connectivity index (χ1v) is 9.10. The first kappa shape index (κ1) is 18.3. The number of fused-ring (bicyclic) bond motifs is 1. The maximum Gasteiger partial charge on any atom is 0.314 e. The second-order valence-corrected chi connectivity index (χ2v) is 6.63. The van der Waals surface area contributed by atoms with E-state index in [0.717, 1.165) is 0 Å². The molecule has 2 aromatic rings. The predicted molar refractivity (Wildman–Crippen MR) is 96.4 cm³/mol. The van der Waals surface area contributed by atoms with Crippen LogP contribution in [0.3, 0.4) is 0 Å². The van der Waals surface area contributed by atoms with E-state index in [4.69, 9.17) is 18.9 Å². The van der Waals surface area contributed by atoms with Gasteiger partial charge in [-0.15, -0.1) is 0 Å². The molecule has 2 aromatic carbocycles. The van der Waals surface area contributed by atoms with Gasteiger partial charge in [0.2, 0.25) is 6.79 Å². The van der Waals surface area contributed by atoms with Gasteiger partial charge in [-0.05, 0) is 30.2 Å². The molecule has 0 radical (unpaired) electrons. The average Bonchev–Trinajstić information content (AvgIpc) is 3.31. The molecule has 0 aromatic heterocycles. The zero-order valence-electron chi connectivity index (χ0n) is 15.2. The van der Waals surface area contributed by atoms with Gasteiger partial charge in [0, 0.05) is 0 Å². The lowest BCUT2D eigenvalue weighted by Gasteiger charge is -2.23. The molecule has 0 aliphatic carbocycles. The third kappa shape index (κ3) is 3.18. The number of esters is 2. The smallest absolute Gasteiger partial charge is 0.314 e. The van der Waals surface area contributed by atoms with Crippen molar-refractivity contribution in [3.05, 3.63) is 59.7 Å². The summed E-state index contributed by atoms with van der Waals surface area (Å²) in [6.45, 7) is 1.96. The Kier molecular flexibility index (Phi) is 4.92. The third-order valence-corrected chi connectivity index (χ3v) is 4.99. The molecule has 0 saturated carbocycles. The lowest BCUT2D eigenvalue weighted by molar-refractivity contribution is -0.153. The molecule has 2 aliphatic rings. The van der Waals surface area contributed by atoms with E-state index in [9.17, 15) is 14.7 Å². The number of aliphatic hydroxyl groups is 1. The maximum atomic E-state index is 12.7. The molecule has 7 nitrogen and oxygen atoms in total. The first-order chi connectivity index (χ1) is 13.6. The summed E-state index contributed by atoms with van der Waals surface area (Å²) >= 11 is 0. The second kappa shape index (κ2) is 7.52. The molecule has 1 saturated heterocycles. The molecule has 28 heavy (non-hydrogen) atoms. The molecule has 1 fully saturated rings. The van der Waals surface area contributed by atoms with Gasteiger partial charge in [-0.25, -0.2) is 0 Å². The summed E-state index contributed by atoms with van der Waals surface area (Å²) in [4.78, 5) is 25.4. The molecule has 0 bridgehead atoms. The van der Waals surface area contributed by atoms with Crippen molar-refractivity contribution in [1.82, 2.24) is 0 Å². The second-order valence-electron chi connectivity index (χ2n) is 6.63. The van der Waals surface area contributed by atoms with E-state index >= 15 is 0 Å². The molecule has 0 spiro atoms. The number of rotatable bonds is 5. The van der Waals surface area contributed by atoms with Crippen molar-refractivity contribution in [3.8, 4) is 11.5 Å². The minimum Gasteiger partial charge on any atom is -0.466 e. The Balaban J connectivity index is 1.70. The number of benzene rings is 2. The van der Waals surface area contributed by atoms with Crippen LogP contribution >= 0.6 is 0 Å². The van der Waals surface area contributed by atoms with Crippen LogP contribution in [0.4, 0.5) is 0 Å². The van der Waals surface area contributed by atoms with Crippen molar-refractivity contribution in [2.45, 2.75) is 19.1 Å². The predicted octanol–water partition coefficient (Wildman–Crippen LogP) is 2.54. The fourth-order valence-electron chi connectivity index (χ4n) is 3.67. The van der Waals surface area contributed by atoms with E-state index in [0.29, 0.717) is 22.6 Å². The van der Waals surface area contributed by atoms with Gasteiger partial charge in [0.1, 0.15) is 17.9 Å². The van der Waals surface area contributed by atoms with Crippen LogP contribution in [0.5, 0.6) is 11.5 Å². The highest BCUT2D eigenvalue weighted by atomic mass is 16.7. The third-order valence-electron chi connectivity index (χ3n) is 4.99. The quantitative estimate of drug-likeness (QED) is 0.792. The molecular weight excluding hydrogens is 364 g/mol. The summed E-state index contributed by atoms with van der Waals surface area (Å²) in [5.74, 6) is -2.18. The molecule has 1 unspecified atom stereocenters. The molecule has 146 valence electrons. The molecular formula is C21H20O7. The van der Waals surface area contributed by atoms with Crippen LogP contribution in [0.1, 0.15) is 30.3 Å².